The lowest BCUT2D eigenvalue weighted by atomic mass is 9.79. The fraction of sp³-hybridized carbons (Fsp3) is 0.562. The molecule has 1 aromatic carbocycles. The van der Waals surface area contributed by atoms with E-state index in [1.54, 1.807) is 4.90 Å². The third-order valence-electron chi connectivity index (χ3n) is 4.45. The maximum absolute atomic E-state index is 11.7. The molecule has 0 bridgehead atoms. The summed E-state index contributed by atoms with van der Waals surface area (Å²) in [4.78, 5) is 13.3. The minimum Gasteiger partial charge on any atom is -0.465 e. The SMILES string of the molecule is CC(C)(C1CCNCC1)N(Cc1ccccc1)C(=O)O. The van der Waals surface area contributed by atoms with Crippen molar-refractivity contribution in [2.45, 2.75) is 38.8 Å². The molecule has 0 aliphatic carbocycles. The van der Waals surface area contributed by atoms with Crippen molar-refractivity contribution in [1.82, 2.24) is 10.2 Å². The van der Waals surface area contributed by atoms with Gasteiger partial charge in [0.2, 0.25) is 0 Å². The number of piperidine rings is 1. The molecule has 1 fully saturated rings. The summed E-state index contributed by atoms with van der Waals surface area (Å²) in [5.41, 5.74) is 0.695. The first-order valence-electron chi connectivity index (χ1n) is 7.27. The highest BCUT2D eigenvalue weighted by atomic mass is 16.4. The number of nitrogens with one attached hydrogen (secondary N) is 1. The molecule has 4 heteroatoms. The molecule has 1 aliphatic heterocycles. The van der Waals surface area contributed by atoms with E-state index in [0.29, 0.717) is 12.5 Å². The fourth-order valence-electron chi connectivity index (χ4n) is 3.03. The Bertz CT molecular complexity index is 439. The highest BCUT2D eigenvalue weighted by Gasteiger charge is 2.38. The zero-order valence-electron chi connectivity index (χ0n) is 12.3. The van der Waals surface area contributed by atoms with Crippen molar-refractivity contribution in [3.8, 4) is 0 Å². The van der Waals surface area contributed by atoms with E-state index in [1.807, 2.05) is 30.3 Å². The number of hydrogen-bond acceptors (Lipinski definition) is 2. The summed E-state index contributed by atoms with van der Waals surface area (Å²) in [5.74, 6) is 0.406. The van der Waals surface area contributed by atoms with E-state index in [1.165, 1.54) is 0 Å². The Hall–Kier alpha value is -1.55. The van der Waals surface area contributed by atoms with Crippen LogP contribution in [-0.4, -0.2) is 34.7 Å². The van der Waals surface area contributed by atoms with Crippen molar-refractivity contribution in [3.63, 3.8) is 0 Å². The van der Waals surface area contributed by atoms with Crippen molar-refractivity contribution in [1.29, 1.82) is 0 Å². The summed E-state index contributed by atoms with van der Waals surface area (Å²) >= 11 is 0. The van der Waals surface area contributed by atoms with Crippen molar-refractivity contribution in [3.05, 3.63) is 35.9 Å². The molecule has 0 radical (unpaired) electrons. The molecule has 0 saturated carbocycles. The zero-order chi connectivity index (χ0) is 14.6. The lowest BCUT2D eigenvalue weighted by Gasteiger charge is -2.44. The van der Waals surface area contributed by atoms with E-state index in [0.717, 1.165) is 31.5 Å². The third-order valence-corrected chi connectivity index (χ3v) is 4.45. The van der Waals surface area contributed by atoms with E-state index in [4.69, 9.17) is 0 Å². The molecule has 2 rings (SSSR count). The molecule has 0 aromatic heterocycles. The van der Waals surface area contributed by atoms with Crippen LogP contribution in [0.5, 0.6) is 0 Å². The Labute approximate surface area is 120 Å². The molecule has 1 saturated heterocycles. The largest absolute Gasteiger partial charge is 0.465 e. The minimum absolute atomic E-state index is 0.343. The van der Waals surface area contributed by atoms with Crippen molar-refractivity contribution in [2.75, 3.05) is 13.1 Å². The molecule has 110 valence electrons. The molecule has 20 heavy (non-hydrogen) atoms. The van der Waals surface area contributed by atoms with Crippen LogP contribution in [0.15, 0.2) is 30.3 Å². The molecule has 0 unspecified atom stereocenters. The van der Waals surface area contributed by atoms with E-state index in [2.05, 4.69) is 19.2 Å². The van der Waals surface area contributed by atoms with Gasteiger partial charge < -0.3 is 10.4 Å². The predicted molar refractivity (Wildman–Crippen MR) is 79.7 cm³/mol. The lowest BCUT2D eigenvalue weighted by molar-refractivity contribution is 0.0420. The van der Waals surface area contributed by atoms with Crippen LogP contribution in [0.25, 0.3) is 0 Å². The van der Waals surface area contributed by atoms with Gasteiger partial charge in [0.25, 0.3) is 0 Å². The van der Waals surface area contributed by atoms with Crippen molar-refractivity contribution in [2.24, 2.45) is 5.92 Å². The molecule has 1 aliphatic rings. The number of rotatable bonds is 4. The summed E-state index contributed by atoms with van der Waals surface area (Å²) < 4.78 is 0. The smallest absolute Gasteiger partial charge is 0.408 e. The maximum Gasteiger partial charge on any atom is 0.408 e. The van der Waals surface area contributed by atoms with E-state index < -0.39 is 6.09 Å². The van der Waals surface area contributed by atoms with Crippen LogP contribution in [0.1, 0.15) is 32.3 Å². The molecular weight excluding hydrogens is 252 g/mol. The summed E-state index contributed by atoms with van der Waals surface area (Å²) in [7, 11) is 0. The summed E-state index contributed by atoms with van der Waals surface area (Å²) in [6.45, 7) is 6.52. The number of carboxylic acid groups (broad SMARTS) is 1. The fourth-order valence-corrected chi connectivity index (χ4v) is 3.03. The van der Waals surface area contributed by atoms with E-state index >= 15 is 0 Å². The summed E-state index contributed by atoms with van der Waals surface area (Å²) in [6, 6.07) is 9.81. The van der Waals surface area contributed by atoms with Crippen LogP contribution in [0.4, 0.5) is 4.79 Å². The molecular formula is C16H24N2O2. The first-order chi connectivity index (χ1) is 9.51. The van der Waals surface area contributed by atoms with Crippen LogP contribution >= 0.6 is 0 Å². The monoisotopic (exact) mass is 276 g/mol. The van der Waals surface area contributed by atoms with Gasteiger partial charge in [0, 0.05) is 12.1 Å². The minimum atomic E-state index is -0.836. The van der Waals surface area contributed by atoms with Crippen LogP contribution in [0, 0.1) is 5.92 Å². The van der Waals surface area contributed by atoms with Gasteiger partial charge in [-0.25, -0.2) is 4.79 Å². The average Bonchev–Trinajstić information content (AvgIpc) is 2.46. The number of carbonyl (C=O) groups is 1. The Morgan fingerprint density at radius 1 is 1.30 bits per heavy atom. The molecule has 4 nitrogen and oxygen atoms in total. The molecule has 0 spiro atoms. The van der Waals surface area contributed by atoms with Crippen LogP contribution in [0.3, 0.4) is 0 Å². The Balaban J connectivity index is 2.16. The molecule has 1 heterocycles. The zero-order valence-corrected chi connectivity index (χ0v) is 12.3. The Morgan fingerprint density at radius 2 is 1.90 bits per heavy atom. The van der Waals surface area contributed by atoms with E-state index in [-0.39, 0.29) is 5.54 Å². The second-order valence-electron chi connectivity index (χ2n) is 6.03. The van der Waals surface area contributed by atoms with Crippen LogP contribution in [0.2, 0.25) is 0 Å². The molecule has 0 atom stereocenters. The summed E-state index contributed by atoms with van der Waals surface area (Å²) in [5, 5.41) is 12.9. The standard InChI is InChI=1S/C16H24N2O2/c1-16(2,14-8-10-17-11-9-14)18(15(19)20)12-13-6-4-3-5-7-13/h3-7,14,17H,8-12H2,1-2H3,(H,19,20). The highest BCUT2D eigenvalue weighted by molar-refractivity contribution is 5.66. The van der Waals surface area contributed by atoms with E-state index in [9.17, 15) is 9.90 Å². The van der Waals surface area contributed by atoms with Gasteiger partial charge in [-0.2, -0.15) is 0 Å². The number of benzene rings is 1. The van der Waals surface area contributed by atoms with Crippen LogP contribution < -0.4 is 5.32 Å². The second-order valence-corrected chi connectivity index (χ2v) is 6.03. The first-order valence-corrected chi connectivity index (χ1v) is 7.27. The van der Waals surface area contributed by atoms with Gasteiger partial charge in [0.15, 0.2) is 0 Å². The van der Waals surface area contributed by atoms with Gasteiger partial charge >= 0.3 is 6.09 Å². The highest BCUT2D eigenvalue weighted by Crippen LogP contribution is 2.32. The quantitative estimate of drug-likeness (QED) is 0.889. The molecule has 2 N–H and O–H groups in total. The van der Waals surface area contributed by atoms with Gasteiger partial charge in [-0.1, -0.05) is 30.3 Å². The molecule has 1 aromatic rings. The third kappa shape index (κ3) is 3.31. The van der Waals surface area contributed by atoms with Crippen LogP contribution in [-0.2, 0) is 6.54 Å². The first kappa shape index (κ1) is 14.9. The van der Waals surface area contributed by atoms with Gasteiger partial charge in [0.1, 0.15) is 0 Å². The van der Waals surface area contributed by atoms with Gasteiger partial charge in [-0.3, -0.25) is 4.90 Å². The Kier molecular flexibility index (Phi) is 4.65. The lowest BCUT2D eigenvalue weighted by Crippen LogP contribution is -2.53. The maximum atomic E-state index is 11.7. The van der Waals surface area contributed by atoms with Crippen molar-refractivity contribution < 1.29 is 9.90 Å². The number of amides is 1. The Morgan fingerprint density at radius 3 is 2.45 bits per heavy atom. The predicted octanol–water partition coefficient (Wildman–Crippen LogP) is 2.94. The average molecular weight is 276 g/mol. The summed E-state index contributed by atoms with van der Waals surface area (Å²) in [6.07, 6.45) is 1.23. The number of hydrogen-bond donors (Lipinski definition) is 2. The van der Waals surface area contributed by atoms with Gasteiger partial charge in [-0.05, 0) is 51.3 Å². The van der Waals surface area contributed by atoms with Gasteiger partial charge in [-0.15, -0.1) is 0 Å². The van der Waals surface area contributed by atoms with Crippen molar-refractivity contribution >= 4 is 6.09 Å². The molecule has 1 amide bonds. The second kappa shape index (κ2) is 6.27. The van der Waals surface area contributed by atoms with Gasteiger partial charge in [0.05, 0.1) is 0 Å². The number of nitrogens with zero attached hydrogens (tertiary/aromatic N) is 1. The normalized spacial score (nSPS) is 16.9. The topological polar surface area (TPSA) is 52.6 Å².